The Kier molecular flexibility index (Phi) is 5.29. The first-order valence-electron chi connectivity index (χ1n) is 8.70. The zero-order valence-corrected chi connectivity index (χ0v) is 18.2. The number of nitrogens with zero attached hydrogens (tertiary/aromatic N) is 4. The molecule has 0 aliphatic carbocycles. The topological polar surface area (TPSA) is 133 Å². The molecule has 0 bridgehead atoms. The van der Waals surface area contributed by atoms with Crippen LogP contribution in [-0.2, 0) is 17.1 Å². The van der Waals surface area contributed by atoms with Crippen LogP contribution in [0, 0.1) is 0 Å². The predicted molar refractivity (Wildman–Crippen MR) is 118 cm³/mol. The Balaban J connectivity index is 1.70. The molecule has 3 N–H and O–H groups in total. The maximum Gasteiger partial charge on any atom is 0.262 e. The maximum absolute atomic E-state index is 13.1. The van der Waals surface area contributed by atoms with Crippen LogP contribution in [0.2, 0.25) is 10.0 Å². The standard InChI is InChI=1S/C19H14Cl2N6O3S/c1-27-8-15(16-18(22)24-9-25-19(16)27)17(28)10-2-13(7-23-6-10)26-31(29,30)14-4-11(20)3-12(21)5-14/h2-9,26H,1H3,(H2,22,24,25). The molecular weight excluding hydrogens is 463 g/mol. The Hall–Kier alpha value is -3.21. The van der Waals surface area contributed by atoms with Crippen molar-refractivity contribution < 1.29 is 13.2 Å². The van der Waals surface area contributed by atoms with Crippen molar-refractivity contribution in [3.05, 3.63) is 70.4 Å². The second-order valence-electron chi connectivity index (χ2n) is 6.61. The number of pyridine rings is 1. The molecule has 4 rings (SSSR count). The van der Waals surface area contributed by atoms with E-state index in [0.29, 0.717) is 11.0 Å². The summed E-state index contributed by atoms with van der Waals surface area (Å²) in [6.45, 7) is 0. The number of nitrogens with one attached hydrogen (secondary N) is 1. The molecule has 0 aliphatic rings. The van der Waals surface area contributed by atoms with Gasteiger partial charge < -0.3 is 10.3 Å². The lowest BCUT2D eigenvalue weighted by Crippen LogP contribution is -2.14. The van der Waals surface area contributed by atoms with E-state index in [1.54, 1.807) is 17.8 Å². The molecule has 0 spiro atoms. The van der Waals surface area contributed by atoms with Gasteiger partial charge in [-0.2, -0.15) is 0 Å². The zero-order chi connectivity index (χ0) is 22.3. The number of halogens is 2. The SMILES string of the molecule is Cn1cc(C(=O)c2cncc(NS(=O)(=O)c3cc(Cl)cc(Cl)c3)c2)c2c(N)ncnc21. The highest BCUT2D eigenvalue weighted by molar-refractivity contribution is 7.92. The van der Waals surface area contributed by atoms with E-state index >= 15 is 0 Å². The average molecular weight is 477 g/mol. The first-order chi connectivity index (χ1) is 14.7. The van der Waals surface area contributed by atoms with Crippen LogP contribution < -0.4 is 10.5 Å². The summed E-state index contributed by atoms with van der Waals surface area (Å²) in [6, 6.07) is 5.31. The third-order valence-electron chi connectivity index (χ3n) is 4.43. The zero-order valence-electron chi connectivity index (χ0n) is 15.9. The molecule has 158 valence electrons. The number of ketones is 1. The van der Waals surface area contributed by atoms with Gasteiger partial charge in [-0.1, -0.05) is 23.2 Å². The third kappa shape index (κ3) is 4.05. The van der Waals surface area contributed by atoms with Crippen LogP contribution in [0.3, 0.4) is 0 Å². The Bertz CT molecular complexity index is 1430. The largest absolute Gasteiger partial charge is 0.383 e. The van der Waals surface area contributed by atoms with Crippen molar-refractivity contribution in [2.75, 3.05) is 10.5 Å². The number of benzene rings is 1. The minimum atomic E-state index is -4.02. The fourth-order valence-corrected chi connectivity index (χ4v) is 4.84. The summed E-state index contributed by atoms with van der Waals surface area (Å²) in [6.07, 6.45) is 5.50. The molecule has 0 aliphatic heterocycles. The first-order valence-corrected chi connectivity index (χ1v) is 10.9. The lowest BCUT2D eigenvalue weighted by Gasteiger charge is -2.10. The van der Waals surface area contributed by atoms with Crippen LogP contribution in [-0.4, -0.2) is 33.7 Å². The molecule has 0 saturated heterocycles. The predicted octanol–water partition coefficient (Wildman–Crippen LogP) is 3.28. The summed E-state index contributed by atoms with van der Waals surface area (Å²) in [4.78, 5) is 25.1. The number of nitrogen functional groups attached to an aromatic ring is 1. The minimum Gasteiger partial charge on any atom is -0.383 e. The van der Waals surface area contributed by atoms with E-state index in [4.69, 9.17) is 28.9 Å². The molecule has 0 atom stereocenters. The Morgan fingerprint density at radius 3 is 2.52 bits per heavy atom. The van der Waals surface area contributed by atoms with Crippen molar-refractivity contribution in [3.8, 4) is 0 Å². The summed E-state index contributed by atoms with van der Waals surface area (Å²) in [5.74, 6) is -0.247. The molecule has 4 aromatic rings. The van der Waals surface area contributed by atoms with E-state index in [-0.39, 0.29) is 37.6 Å². The van der Waals surface area contributed by atoms with Crippen molar-refractivity contribution in [2.45, 2.75) is 4.90 Å². The molecule has 3 aromatic heterocycles. The molecule has 0 saturated carbocycles. The van der Waals surface area contributed by atoms with Crippen molar-refractivity contribution in [2.24, 2.45) is 7.05 Å². The first kappa shape index (κ1) is 21.0. The molecular formula is C19H14Cl2N6O3S. The summed E-state index contributed by atoms with van der Waals surface area (Å²) in [7, 11) is -2.29. The van der Waals surface area contributed by atoms with Crippen LogP contribution in [0.1, 0.15) is 15.9 Å². The number of hydrogen-bond acceptors (Lipinski definition) is 7. The third-order valence-corrected chi connectivity index (χ3v) is 6.22. The average Bonchev–Trinajstić information content (AvgIpc) is 3.04. The van der Waals surface area contributed by atoms with E-state index in [1.807, 2.05) is 0 Å². The van der Waals surface area contributed by atoms with E-state index in [9.17, 15) is 13.2 Å². The number of rotatable bonds is 5. The highest BCUT2D eigenvalue weighted by Crippen LogP contribution is 2.27. The van der Waals surface area contributed by atoms with Gasteiger partial charge in [0.2, 0.25) is 0 Å². The normalized spacial score (nSPS) is 11.6. The van der Waals surface area contributed by atoms with Crippen molar-refractivity contribution in [1.82, 2.24) is 19.5 Å². The molecule has 3 heterocycles. The van der Waals surface area contributed by atoms with Crippen LogP contribution in [0.15, 0.2) is 54.1 Å². The number of aryl methyl sites for hydroxylation is 1. The fraction of sp³-hybridized carbons (Fsp3) is 0.0526. The summed E-state index contributed by atoms with van der Waals surface area (Å²) in [5, 5.41) is 0.755. The van der Waals surface area contributed by atoms with Gasteiger partial charge in [-0.05, 0) is 24.3 Å². The van der Waals surface area contributed by atoms with Crippen LogP contribution in [0.25, 0.3) is 11.0 Å². The van der Waals surface area contributed by atoms with Crippen LogP contribution >= 0.6 is 23.2 Å². The van der Waals surface area contributed by atoms with Crippen molar-refractivity contribution in [3.63, 3.8) is 0 Å². The van der Waals surface area contributed by atoms with Gasteiger partial charge in [0.15, 0.2) is 5.78 Å². The molecule has 0 unspecified atom stereocenters. The lowest BCUT2D eigenvalue weighted by molar-refractivity contribution is 0.103. The quantitative estimate of drug-likeness (QED) is 0.422. The van der Waals surface area contributed by atoms with E-state index in [0.717, 1.165) is 0 Å². The molecule has 31 heavy (non-hydrogen) atoms. The van der Waals surface area contributed by atoms with E-state index in [1.165, 1.54) is 43.0 Å². The number of fused-ring (bicyclic) bond motifs is 1. The number of nitrogens with two attached hydrogens (primary N) is 1. The van der Waals surface area contributed by atoms with Crippen LogP contribution in [0.5, 0.6) is 0 Å². The second kappa shape index (κ2) is 7.80. The van der Waals surface area contributed by atoms with Gasteiger partial charge in [-0.15, -0.1) is 0 Å². The molecule has 9 nitrogen and oxygen atoms in total. The highest BCUT2D eigenvalue weighted by atomic mass is 35.5. The van der Waals surface area contributed by atoms with Gasteiger partial charge in [0.05, 0.1) is 27.7 Å². The molecule has 1 aromatic carbocycles. The lowest BCUT2D eigenvalue weighted by atomic mass is 10.1. The van der Waals surface area contributed by atoms with E-state index in [2.05, 4.69) is 19.7 Å². The number of hydrogen-bond donors (Lipinski definition) is 2. The number of anilines is 2. The summed E-state index contributed by atoms with van der Waals surface area (Å²) < 4.78 is 29.4. The summed E-state index contributed by atoms with van der Waals surface area (Å²) >= 11 is 11.8. The Labute approximate surface area is 186 Å². The number of aromatic nitrogens is 4. The number of sulfonamides is 1. The molecule has 12 heteroatoms. The number of carbonyl (C=O) groups is 1. The van der Waals surface area contributed by atoms with E-state index < -0.39 is 15.8 Å². The molecule has 0 amide bonds. The van der Waals surface area contributed by atoms with Gasteiger partial charge in [0, 0.05) is 35.1 Å². The Morgan fingerprint density at radius 1 is 1.10 bits per heavy atom. The monoisotopic (exact) mass is 476 g/mol. The van der Waals surface area contributed by atoms with Gasteiger partial charge in [0.1, 0.15) is 17.8 Å². The summed E-state index contributed by atoms with van der Waals surface area (Å²) in [5.41, 5.74) is 6.96. The smallest absolute Gasteiger partial charge is 0.262 e. The minimum absolute atomic E-state index is 0.0893. The van der Waals surface area contributed by atoms with Crippen molar-refractivity contribution in [1.29, 1.82) is 0 Å². The van der Waals surface area contributed by atoms with Crippen LogP contribution in [0.4, 0.5) is 11.5 Å². The van der Waals surface area contributed by atoms with Gasteiger partial charge >= 0.3 is 0 Å². The molecule has 0 radical (unpaired) electrons. The van der Waals surface area contributed by atoms with Crippen molar-refractivity contribution >= 4 is 61.5 Å². The van der Waals surface area contributed by atoms with Gasteiger partial charge in [-0.25, -0.2) is 18.4 Å². The Morgan fingerprint density at radius 2 is 1.81 bits per heavy atom. The van der Waals surface area contributed by atoms with Gasteiger partial charge in [-0.3, -0.25) is 14.5 Å². The fourth-order valence-electron chi connectivity index (χ4n) is 3.08. The molecule has 0 fully saturated rings. The van der Waals surface area contributed by atoms with Gasteiger partial charge in [0.25, 0.3) is 10.0 Å². The second-order valence-corrected chi connectivity index (χ2v) is 9.17. The number of carbonyl (C=O) groups excluding carboxylic acids is 1. The highest BCUT2D eigenvalue weighted by Gasteiger charge is 2.21. The maximum atomic E-state index is 13.1.